The van der Waals surface area contributed by atoms with Crippen LogP contribution in [0, 0.1) is 5.82 Å². The molecular weight excluding hydrogens is 275 g/mol. The lowest BCUT2D eigenvalue weighted by Gasteiger charge is -2.32. The summed E-state index contributed by atoms with van der Waals surface area (Å²) >= 11 is 6.11. The zero-order valence-electron chi connectivity index (χ0n) is 11.1. The van der Waals surface area contributed by atoms with Crippen molar-refractivity contribution in [3.8, 4) is 0 Å². The van der Waals surface area contributed by atoms with E-state index in [0.717, 1.165) is 30.8 Å². The molecule has 0 saturated heterocycles. The monoisotopic (exact) mass is 290 g/mol. The first-order chi connectivity index (χ1) is 9.65. The summed E-state index contributed by atoms with van der Waals surface area (Å²) in [6, 6.07) is 10.7. The highest BCUT2D eigenvalue weighted by molar-refractivity contribution is 6.31. The van der Waals surface area contributed by atoms with E-state index in [0.29, 0.717) is 17.1 Å². The summed E-state index contributed by atoms with van der Waals surface area (Å²) in [5.41, 5.74) is 9.51. The van der Waals surface area contributed by atoms with Crippen molar-refractivity contribution in [1.29, 1.82) is 0 Å². The molecule has 0 spiro atoms. The van der Waals surface area contributed by atoms with Crippen LogP contribution in [0.15, 0.2) is 36.4 Å². The van der Waals surface area contributed by atoms with Gasteiger partial charge in [-0.3, -0.25) is 0 Å². The minimum absolute atomic E-state index is 0.250. The average Bonchev–Trinajstić information content (AvgIpc) is 2.42. The minimum Gasteiger partial charge on any atom is -0.399 e. The van der Waals surface area contributed by atoms with E-state index in [9.17, 15) is 4.39 Å². The van der Waals surface area contributed by atoms with Gasteiger partial charge in [-0.05, 0) is 48.7 Å². The number of nitrogens with zero attached hydrogens (tertiary/aromatic N) is 1. The van der Waals surface area contributed by atoms with Crippen molar-refractivity contribution in [2.24, 2.45) is 0 Å². The predicted molar refractivity (Wildman–Crippen MR) is 81.6 cm³/mol. The van der Waals surface area contributed by atoms with Crippen LogP contribution in [0.4, 0.5) is 15.8 Å². The van der Waals surface area contributed by atoms with Gasteiger partial charge in [0.05, 0.1) is 0 Å². The number of nitrogen functional groups attached to an aromatic ring is 1. The predicted octanol–water partition coefficient (Wildman–Crippen LogP) is 4.01. The summed E-state index contributed by atoms with van der Waals surface area (Å²) in [5.74, 6) is -0.250. The molecule has 0 fully saturated rings. The van der Waals surface area contributed by atoms with Gasteiger partial charge in [0.2, 0.25) is 0 Å². The third kappa shape index (κ3) is 2.46. The Morgan fingerprint density at radius 2 is 2.10 bits per heavy atom. The highest BCUT2D eigenvalue weighted by Gasteiger charge is 2.19. The topological polar surface area (TPSA) is 29.3 Å². The summed E-state index contributed by atoms with van der Waals surface area (Å²) in [6.45, 7) is 1.39. The van der Waals surface area contributed by atoms with Crippen molar-refractivity contribution in [2.75, 3.05) is 17.2 Å². The molecule has 0 atom stereocenters. The third-order valence-electron chi connectivity index (χ3n) is 3.73. The SMILES string of the molecule is Nc1ccc2c(c1)CCCN2Cc1c(F)cccc1Cl. The highest BCUT2D eigenvalue weighted by atomic mass is 35.5. The standard InChI is InChI=1S/C16H16ClFN2/c17-14-4-1-5-15(18)13(14)10-20-8-2-3-11-9-12(19)6-7-16(11)20/h1,4-7,9H,2-3,8,10,19H2. The van der Waals surface area contributed by atoms with Crippen LogP contribution < -0.4 is 10.6 Å². The second-order valence-electron chi connectivity index (χ2n) is 5.11. The largest absolute Gasteiger partial charge is 0.399 e. The fourth-order valence-electron chi connectivity index (χ4n) is 2.73. The molecule has 0 saturated carbocycles. The summed E-state index contributed by atoms with van der Waals surface area (Å²) in [5, 5.41) is 0.479. The molecule has 3 rings (SSSR count). The maximum atomic E-state index is 13.9. The molecule has 0 amide bonds. The molecular formula is C16H16ClFN2. The number of benzene rings is 2. The van der Waals surface area contributed by atoms with Gasteiger partial charge in [-0.15, -0.1) is 0 Å². The molecule has 2 N–H and O–H groups in total. The fraction of sp³-hybridized carbons (Fsp3) is 0.250. The molecule has 2 aromatic carbocycles. The van der Waals surface area contributed by atoms with E-state index in [1.807, 2.05) is 18.2 Å². The van der Waals surface area contributed by atoms with Crippen LogP contribution in [0.2, 0.25) is 5.02 Å². The number of rotatable bonds is 2. The maximum absolute atomic E-state index is 13.9. The van der Waals surface area contributed by atoms with E-state index in [1.54, 1.807) is 12.1 Å². The van der Waals surface area contributed by atoms with Gasteiger partial charge < -0.3 is 10.6 Å². The van der Waals surface area contributed by atoms with Crippen molar-refractivity contribution in [1.82, 2.24) is 0 Å². The maximum Gasteiger partial charge on any atom is 0.129 e. The Balaban J connectivity index is 1.94. The van der Waals surface area contributed by atoms with Crippen LogP contribution in [-0.4, -0.2) is 6.54 Å². The van der Waals surface area contributed by atoms with Crippen molar-refractivity contribution >= 4 is 23.0 Å². The Kier molecular flexibility index (Phi) is 3.53. The van der Waals surface area contributed by atoms with E-state index in [4.69, 9.17) is 17.3 Å². The summed E-state index contributed by atoms with van der Waals surface area (Å²) in [4.78, 5) is 2.17. The number of nitrogens with two attached hydrogens (primary N) is 1. The van der Waals surface area contributed by atoms with Crippen LogP contribution in [-0.2, 0) is 13.0 Å². The molecule has 0 aliphatic carbocycles. The lowest BCUT2D eigenvalue weighted by molar-refractivity contribution is 0.598. The molecule has 20 heavy (non-hydrogen) atoms. The molecule has 0 aromatic heterocycles. The first kappa shape index (κ1) is 13.3. The van der Waals surface area contributed by atoms with Crippen LogP contribution in [0.1, 0.15) is 17.5 Å². The molecule has 0 bridgehead atoms. The molecule has 0 unspecified atom stereocenters. The van der Waals surface area contributed by atoms with Crippen molar-refractivity contribution in [2.45, 2.75) is 19.4 Å². The van der Waals surface area contributed by atoms with Crippen molar-refractivity contribution in [3.63, 3.8) is 0 Å². The molecule has 2 nitrogen and oxygen atoms in total. The van der Waals surface area contributed by atoms with Gasteiger partial charge in [-0.2, -0.15) is 0 Å². The van der Waals surface area contributed by atoms with E-state index in [2.05, 4.69) is 4.90 Å². The Morgan fingerprint density at radius 3 is 2.90 bits per heavy atom. The number of halogens is 2. The summed E-state index contributed by atoms with van der Waals surface area (Å²) in [6.07, 6.45) is 2.06. The van der Waals surface area contributed by atoms with E-state index < -0.39 is 0 Å². The molecule has 104 valence electrons. The Hall–Kier alpha value is -1.74. The number of hydrogen-bond acceptors (Lipinski definition) is 2. The Labute approximate surface area is 123 Å². The molecule has 4 heteroatoms. The molecule has 1 aliphatic heterocycles. The van der Waals surface area contributed by atoms with E-state index >= 15 is 0 Å². The Morgan fingerprint density at radius 1 is 1.25 bits per heavy atom. The van der Waals surface area contributed by atoms with Gasteiger partial charge in [-0.1, -0.05) is 17.7 Å². The van der Waals surface area contributed by atoms with Gasteiger partial charge in [0.1, 0.15) is 5.82 Å². The fourth-order valence-corrected chi connectivity index (χ4v) is 2.96. The van der Waals surface area contributed by atoms with Gasteiger partial charge in [0.25, 0.3) is 0 Å². The van der Waals surface area contributed by atoms with Crippen LogP contribution in [0.25, 0.3) is 0 Å². The van der Waals surface area contributed by atoms with Gasteiger partial charge >= 0.3 is 0 Å². The zero-order chi connectivity index (χ0) is 14.1. The zero-order valence-corrected chi connectivity index (χ0v) is 11.8. The first-order valence-corrected chi connectivity index (χ1v) is 7.09. The lowest BCUT2D eigenvalue weighted by Crippen LogP contribution is -2.29. The molecule has 1 heterocycles. The van der Waals surface area contributed by atoms with E-state index in [1.165, 1.54) is 11.6 Å². The molecule has 1 aliphatic rings. The number of anilines is 2. The van der Waals surface area contributed by atoms with Crippen molar-refractivity contribution < 1.29 is 4.39 Å². The second-order valence-corrected chi connectivity index (χ2v) is 5.52. The summed E-state index contributed by atoms with van der Waals surface area (Å²) < 4.78 is 13.9. The molecule has 2 aromatic rings. The third-order valence-corrected chi connectivity index (χ3v) is 4.08. The number of fused-ring (bicyclic) bond motifs is 1. The normalized spacial score (nSPS) is 14.2. The molecule has 0 radical (unpaired) electrons. The smallest absolute Gasteiger partial charge is 0.129 e. The van der Waals surface area contributed by atoms with Crippen molar-refractivity contribution in [3.05, 3.63) is 58.4 Å². The van der Waals surface area contributed by atoms with Crippen LogP contribution >= 0.6 is 11.6 Å². The first-order valence-electron chi connectivity index (χ1n) is 6.71. The quantitative estimate of drug-likeness (QED) is 0.847. The summed E-state index contributed by atoms with van der Waals surface area (Å²) in [7, 11) is 0. The Bertz CT molecular complexity index is 622. The van der Waals surface area contributed by atoms with Gasteiger partial charge in [-0.25, -0.2) is 4.39 Å². The van der Waals surface area contributed by atoms with Gasteiger partial charge in [0.15, 0.2) is 0 Å². The average molecular weight is 291 g/mol. The van der Waals surface area contributed by atoms with Crippen LogP contribution in [0.5, 0.6) is 0 Å². The minimum atomic E-state index is -0.250. The highest BCUT2D eigenvalue weighted by Crippen LogP contribution is 2.31. The number of aryl methyl sites for hydroxylation is 1. The van der Waals surface area contributed by atoms with Gasteiger partial charge in [0, 0.05) is 35.1 Å². The number of hydrogen-bond donors (Lipinski definition) is 1. The van der Waals surface area contributed by atoms with E-state index in [-0.39, 0.29) is 5.82 Å². The second kappa shape index (κ2) is 5.33. The van der Waals surface area contributed by atoms with Crippen LogP contribution in [0.3, 0.4) is 0 Å². The lowest BCUT2D eigenvalue weighted by atomic mass is 10.0.